The third-order valence-corrected chi connectivity index (χ3v) is 3.21. The molecule has 1 aromatic carbocycles. The number of rotatable bonds is 5. The fraction of sp³-hybridized carbons (Fsp3) is 0.200. The van der Waals surface area contributed by atoms with Crippen LogP contribution in [-0.2, 0) is 6.54 Å². The monoisotopic (exact) mass is 362 g/mol. The van der Waals surface area contributed by atoms with Gasteiger partial charge in [0.1, 0.15) is 0 Å². The van der Waals surface area contributed by atoms with Crippen LogP contribution in [0.25, 0.3) is 0 Å². The van der Waals surface area contributed by atoms with Crippen molar-refractivity contribution < 1.29 is 9.59 Å². The fourth-order valence-electron chi connectivity index (χ4n) is 1.78. The average Bonchev–Trinajstić information content (AvgIpc) is 2.54. The highest BCUT2D eigenvalue weighted by Crippen LogP contribution is 2.06. The van der Waals surface area contributed by atoms with E-state index in [1.54, 1.807) is 18.2 Å². The van der Waals surface area contributed by atoms with Crippen LogP contribution in [0.1, 0.15) is 33.5 Å². The van der Waals surface area contributed by atoms with E-state index in [2.05, 4.69) is 36.5 Å². The number of benzene rings is 1. The molecule has 22 heavy (non-hydrogen) atoms. The highest BCUT2D eigenvalue weighted by atomic mass is 79.9. The van der Waals surface area contributed by atoms with E-state index in [4.69, 9.17) is 0 Å². The van der Waals surface area contributed by atoms with E-state index >= 15 is 0 Å². The second-order valence-corrected chi connectivity index (χ2v) is 5.38. The largest absolute Gasteiger partial charge is 0.352 e. The van der Waals surface area contributed by atoms with Crippen LogP contribution in [0.15, 0.2) is 41.1 Å². The van der Waals surface area contributed by atoms with E-state index in [1.165, 1.54) is 12.4 Å². The van der Waals surface area contributed by atoms with Crippen molar-refractivity contribution in [3.05, 3.63) is 58.1 Å². The Bertz CT molecular complexity index is 673. The van der Waals surface area contributed by atoms with Gasteiger partial charge in [-0.05, 0) is 40.5 Å². The lowest BCUT2D eigenvalue weighted by Gasteiger charge is -2.07. The summed E-state index contributed by atoms with van der Waals surface area (Å²) in [6.45, 7) is 2.73. The number of carbonyl (C=O) groups excluding carboxylic acids is 2. The number of nitrogens with zero attached hydrogens (tertiary/aromatic N) is 2. The van der Waals surface area contributed by atoms with Gasteiger partial charge in [0.05, 0.1) is 4.47 Å². The summed E-state index contributed by atoms with van der Waals surface area (Å²) < 4.78 is 0.707. The van der Waals surface area contributed by atoms with Gasteiger partial charge in [0.15, 0.2) is 0 Å². The maximum atomic E-state index is 11.9. The lowest BCUT2D eigenvalue weighted by Crippen LogP contribution is -2.25. The third kappa shape index (κ3) is 4.36. The molecule has 2 aromatic rings. The number of carbonyl (C=O) groups is 2. The van der Waals surface area contributed by atoms with Gasteiger partial charge >= 0.3 is 0 Å². The van der Waals surface area contributed by atoms with E-state index in [-0.39, 0.29) is 17.6 Å². The minimum Gasteiger partial charge on any atom is -0.352 e. The molecule has 1 heterocycles. The molecule has 0 atom stereocenters. The fourth-order valence-corrected chi connectivity index (χ4v) is 1.98. The van der Waals surface area contributed by atoms with Gasteiger partial charge in [-0.15, -0.1) is 0 Å². The highest BCUT2D eigenvalue weighted by Gasteiger charge is 2.09. The standard InChI is InChI=1S/C15H15BrN4O2/c1-2-17-14(21)11-5-3-4-10(6-11)7-20-15(22)13-18-8-12(16)9-19-13/h3-6,8-9H,2,7H2,1H3,(H,17,21)(H,20,22). The Kier molecular flexibility index (Phi) is 5.60. The van der Waals surface area contributed by atoms with Crippen molar-refractivity contribution in [1.29, 1.82) is 0 Å². The molecule has 0 fully saturated rings. The molecule has 0 aliphatic heterocycles. The maximum absolute atomic E-state index is 11.9. The molecule has 6 nitrogen and oxygen atoms in total. The molecule has 0 aliphatic rings. The molecule has 2 N–H and O–H groups in total. The molecule has 114 valence electrons. The van der Waals surface area contributed by atoms with Crippen LogP contribution in [-0.4, -0.2) is 28.3 Å². The molecule has 2 amide bonds. The van der Waals surface area contributed by atoms with Crippen molar-refractivity contribution in [2.24, 2.45) is 0 Å². The zero-order valence-corrected chi connectivity index (χ0v) is 13.6. The maximum Gasteiger partial charge on any atom is 0.289 e. The van der Waals surface area contributed by atoms with Crippen LogP contribution in [0.4, 0.5) is 0 Å². The summed E-state index contributed by atoms with van der Waals surface area (Å²) in [4.78, 5) is 31.5. The second-order valence-electron chi connectivity index (χ2n) is 4.47. The van der Waals surface area contributed by atoms with E-state index in [9.17, 15) is 9.59 Å². The van der Waals surface area contributed by atoms with Gasteiger partial charge in [0, 0.05) is 31.0 Å². The number of aromatic nitrogens is 2. The van der Waals surface area contributed by atoms with Crippen LogP contribution >= 0.6 is 15.9 Å². The van der Waals surface area contributed by atoms with Crippen molar-refractivity contribution in [3.8, 4) is 0 Å². The van der Waals surface area contributed by atoms with Gasteiger partial charge in [-0.2, -0.15) is 0 Å². The molecule has 0 bridgehead atoms. The molecule has 0 aliphatic carbocycles. The Morgan fingerprint density at radius 2 is 1.86 bits per heavy atom. The Morgan fingerprint density at radius 3 is 2.55 bits per heavy atom. The average molecular weight is 363 g/mol. The first-order valence-corrected chi connectivity index (χ1v) is 7.52. The number of hydrogen-bond acceptors (Lipinski definition) is 4. The molecule has 0 saturated heterocycles. The third-order valence-electron chi connectivity index (χ3n) is 2.80. The van der Waals surface area contributed by atoms with E-state index in [1.807, 2.05) is 13.0 Å². The van der Waals surface area contributed by atoms with Gasteiger partial charge in [-0.25, -0.2) is 9.97 Å². The van der Waals surface area contributed by atoms with Crippen molar-refractivity contribution in [3.63, 3.8) is 0 Å². The smallest absolute Gasteiger partial charge is 0.289 e. The van der Waals surface area contributed by atoms with Crippen molar-refractivity contribution in [1.82, 2.24) is 20.6 Å². The van der Waals surface area contributed by atoms with Gasteiger partial charge in [0.2, 0.25) is 5.82 Å². The predicted molar refractivity (Wildman–Crippen MR) is 85.4 cm³/mol. The van der Waals surface area contributed by atoms with Crippen LogP contribution in [0.2, 0.25) is 0 Å². The lowest BCUT2D eigenvalue weighted by atomic mass is 10.1. The molecule has 0 unspecified atom stereocenters. The molecule has 7 heteroatoms. The van der Waals surface area contributed by atoms with Crippen molar-refractivity contribution in [2.75, 3.05) is 6.54 Å². The summed E-state index contributed by atoms with van der Waals surface area (Å²) in [5.74, 6) is -0.397. The van der Waals surface area contributed by atoms with Crippen LogP contribution in [0, 0.1) is 0 Å². The summed E-state index contributed by atoms with van der Waals surface area (Å²) in [6, 6.07) is 7.09. The first kappa shape index (κ1) is 16.1. The van der Waals surface area contributed by atoms with Crippen LogP contribution in [0.3, 0.4) is 0 Å². The predicted octanol–water partition coefficient (Wildman–Crippen LogP) is 1.92. The second kappa shape index (κ2) is 7.65. The molecule has 1 aromatic heterocycles. The normalized spacial score (nSPS) is 10.1. The van der Waals surface area contributed by atoms with Crippen LogP contribution < -0.4 is 10.6 Å². The SMILES string of the molecule is CCNC(=O)c1cccc(CNC(=O)c2ncc(Br)cn2)c1. The number of amides is 2. The van der Waals surface area contributed by atoms with Crippen molar-refractivity contribution in [2.45, 2.75) is 13.5 Å². The Hall–Kier alpha value is -2.28. The number of hydrogen-bond donors (Lipinski definition) is 2. The van der Waals surface area contributed by atoms with Gasteiger partial charge in [0.25, 0.3) is 11.8 Å². The first-order valence-electron chi connectivity index (χ1n) is 6.73. The quantitative estimate of drug-likeness (QED) is 0.850. The summed E-state index contributed by atoms with van der Waals surface area (Å²) in [7, 11) is 0. The zero-order valence-electron chi connectivity index (χ0n) is 12.0. The Labute approximate surface area is 136 Å². The van der Waals surface area contributed by atoms with Crippen molar-refractivity contribution >= 4 is 27.7 Å². The lowest BCUT2D eigenvalue weighted by molar-refractivity contribution is 0.0938. The van der Waals surface area contributed by atoms with E-state index < -0.39 is 0 Å². The van der Waals surface area contributed by atoms with Gasteiger partial charge < -0.3 is 10.6 Å². The number of halogens is 1. The van der Waals surface area contributed by atoms with E-state index in [0.717, 1.165) is 5.56 Å². The molecule has 0 spiro atoms. The van der Waals surface area contributed by atoms with Crippen LogP contribution in [0.5, 0.6) is 0 Å². The topological polar surface area (TPSA) is 84.0 Å². The summed E-state index contributed by atoms with van der Waals surface area (Å²) >= 11 is 3.21. The Morgan fingerprint density at radius 1 is 1.14 bits per heavy atom. The highest BCUT2D eigenvalue weighted by molar-refractivity contribution is 9.10. The number of nitrogens with one attached hydrogen (secondary N) is 2. The molecule has 0 radical (unpaired) electrons. The summed E-state index contributed by atoms with van der Waals surface area (Å²) in [6.07, 6.45) is 3.02. The molecule has 2 rings (SSSR count). The van der Waals surface area contributed by atoms with Gasteiger partial charge in [-0.3, -0.25) is 9.59 Å². The summed E-state index contributed by atoms with van der Waals surface area (Å²) in [5, 5.41) is 5.46. The molecular weight excluding hydrogens is 348 g/mol. The minimum atomic E-state index is -0.365. The zero-order chi connectivity index (χ0) is 15.9. The molecule has 0 saturated carbocycles. The minimum absolute atomic E-state index is 0.100. The Balaban J connectivity index is 1.99. The molecular formula is C15H15BrN4O2. The van der Waals surface area contributed by atoms with Gasteiger partial charge in [-0.1, -0.05) is 12.1 Å². The van der Waals surface area contributed by atoms with E-state index in [0.29, 0.717) is 23.1 Å². The summed E-state index contributed by atoms with van der Waals surface area (Å²) in [5.41, 5.74) is 1.39. The first-order chi connectivity index (χ1) is 10.6.